The quantitative estimate of drug-likeness (QED) is 0.784. The standard InChI is InChI=1S/C9H7ClN2O2.ClH/c1-14-5-2-3-6-7(4-5)11-9(10)12-8(6)13;/h2-4H,1H3,(H,11,12,13);1H. The van der Waals surface area contributed by atoms with Crippen molar-refractivity contribution in [2.75, 3.05) is 7.11 Å². The highest BCUT2D eigenvalue weighted by atomic mass is 35.5. The number of H-pyrrole nitrogens is 1. The highest BCUT2D eigenvalue weighted by Crippen LogP contribution is 2.16. The van der Waals surface area contributed by atoms with Crippen molar-refractivity contribution in [2.45, 2.75) is 0 Å². The number of halogens is 2. The van der Waals surface area contributed by atoms with Gasteiger partial charge in [-0.15, -0.1) is 12.4 Å². The molecule has 2 rings (SSSR count). The van der Waals surface area contributed by atoms with Crippen LogP contribution in [0.4, 0.5) is 0 Å². The lowest BCUT2D eigenvalue weighted by molar-refractivity contribution is 0.415. The maximum absolute atomic E-state index is 11.4. The van der Waals surface area contributed by atoms with Gasteiger partial charge in [0.2, 0.25) is 5.28 Å². The second-order valence-electron chi connectivity index (χ2n) is 2.74. The molecule has 0 radical (unpaired) electrons. The van der Waals surface area contributed by atoms with E-state index in [1.807, 2.05) is 0 Å². The predicted octanol–water partition coefficient (Wildman–Crippen LogP) is 2.01. The van der Waals surface area contributed by atoms with Crippen LogP contribution in [0.15, 0.2) is 23.0 Å². The molecule has 0 unspecified atom stereocenters. The summed E-state index contributed by atoms with van der Waals surface area (Å²) >= 11 is 5.61. The molecule has 2 aromatic rings. The summed E-state index contributed by atoms with van der Waals surface area (Å²) in [5.74, 6) is 0.645. The van der Waals surface area contributed by atoms with Gasteiger partial charge in [-0.1, -0.05) is 0 Å². The van der Waals surface area contributed by atoms with Crippen LogP contribution in [0.2, 0.25) is 5.28 Å². The third kappa shape index (κ3) is 2.22. The minimum Gasteiger partial charge on any atom is -0.497 e. The van der Waals surface area contributed by atoms with Gasteiger partial charge in [-0.05, 0) is 23.7 Å². The maximum atomic E-state index is 11.4. The predicted molar refractivity (Wildman–Crippen MR) is 61.2 cm³/mol. The highest BCUT2D eigenvalue weighted by molar-refractivity contribution is 6.28. The summed E-state index contributed by atoms with van der Waals surface area (Å²) in [7, 11) is 1.55. The number of hydrogen-bond donors (Lipinski definition) is 1. The molecule has 0 saturated heterocycles. The Morgan fingerprint density at radius 3 is 2.87 bits per heavy atom. The van der Waals surface area contributed by atoms with E-state index in [1.54, 1.807) is 25.3 Å². The summed E-state index contributed by atoms with van der Waals surface area (Å²) < 4.78 is 5.01. The molecule has 80 valence electrons. The van der Waals surface area contributed by atoms with Gasteiger partial charge in [-0.25, -0.2) is 4.98 Å². The van der Waals surface area contributed by atoms with Gasteiger partial charge >= 0.3 is 0 Å². The zero-order valence-electron chi connectivity index (χ0n) is 7.78. The summed E-state index contributed by atoms with van der Waals surface area (Å²) in [6.45, 7) is 0. The number of methoxy groups -OCH3 is 1. The minimum atomic E-state index is -0.248. The van der Waals surface area contributed by atoms with E-state index in [9.17, 15) is 4.79 Å². The van der Waals surface area contributed by atoms with Crippen molar-refractivity contribution >= 4 is 34.9 Å². The lowest BCUT2D eigenvalue weighted by Crippen LogP contribution is -2.07. The molecule has 0 aliphatic carbocycles. The van der Waals surface area contributed by atoms with Gasteiger partial charge in [-0.3, -0.25) is 9.78 Å². The van der Waals surface area contributed by atoms with Crippen molar-refractivity contribution in [3.8, 4) is 5.75 Å². The summed E-state index contributed by atoms with van der Waals surface area (Å²) in [4.78, 5) is 17.8. The molecule has 15 heavy (non-hydrogen) atoms. The van der Waals surface area contributed by atoms with Gasteiger partial charge in [0.1, 0.15) is 5.75 Å². The van der Waals surface area contributed by atoms with Gasteiger partial charge in [0.25, 0.3) is 5.56 Å². The van der Waals surface area contributed by atoms with Crippen LogP contribution >= 0.6 is 24.0 Å². The topological polar surface area (TPSA) is 55.0 Å². The largest absolute Gasteiger partial charge is 0.497 e. The number of rotatable bonds is 1. The molecule has 4 nitrogen and oxygen atoms in total. The normalized spacial score (nSPS) is 9.73. The van der Waals surface area contributed by atoms with Gasteiger partial charge in [-0.2, -0.15) is 0 Å². The third-order valence-corrected chi connectivity index (χ3v) is 2.06. The Kier molecular flexibility index (Phi) is 3.55. The van der Waals surface area contributed by atoms with Crippen LogP contribution in [0, 0.1) is 0 Å². The summed E-state index contributed by atoms with van der Waals surface area (Å²) in [6.07, 6.45) is 0. The molecule has 0 bridgehead atoms. The molecule has 0 spiro atoms. The first kappa shape index (κ1) is 11.8. The van der Waals surface area contributed by atoms with Gasteiger partial charge in [0, 0.05) is 6.07 Å². The summed E-state index contributed by atoms with van der Waals surface area (Å²) in [5.41, 5.74) is 0.278. The second-order valence-corrected chi connectivity index (χ2v) is 3.10. The molecule has 0 aliphatic rings. The maximum Gasteiger partial charge on any atom is 0.259 e. The molecule has 0 aliphatic heterocycles. The second kappa shape index (κ2) is 4.51. The molecular weight excluding hydrogens is 239 g/mol. The van der Waals surface area contributed by atoms with Crippen molar-refractivity contribution in [1.29, 1.82) is 0 Å². The lowest BCUT2D eigenvalue weighted by atomic mass is 10.2. The van der Waals surface area contributed by atoms with Crippen molar-refractivity contribution < 1.29 is 4.74 Å². The molecule has 0 atom stereocenters. The van der Waals surface area contributed by atoms with Crippen LogP contribution in [0.5, 0.6) is 5.75 Å². The fourth-order valence-electron chi connectivity index (χ4n) is 1.22. The monoisotopic (exact) mass is 246 g/mol. The van der Waals surface area contributed by atoms with Crippen LogP contribution < -0.4 is 10.3 Å². The Bertz CT molecular complexity index is 539. The van der Waals surface area contributed by atoms with Gasteiger partial charge in [0.05, 0.1) is 18.0 Å². The Hall–Kier alpha value is -1.26. The Morgan fingerprint density at radius 1 is 1.47 bits per heavy atom. The first-order valence-electron chi connectivity index (χ1n) is 3.94. The number of hydrogen-bond acceptors (Lipinski definition) is 3. The number of ether oxygens (including phenoxy) is 1. The number of nitrogens with zero attached hydrogens (tertiary/aromatic N) is 1. The van der Waals surface area contributed by atoms with Crippen LogP contribution in [0.1, 0.15) is 0 Å². The van der Waals surface area contributed by atoms with Crippen molar-refractivity contribution in [3.63, 3.8) is 0 Å². The Balaban J connectivity index is 0.00000112. The molecular formula is C9H8Cl2N2O2. The van der Waals surface area contributed by atoms with E-state index in [-0.39, 0.29) is 23.2 Å². The molecule has 1 heterocycles. The van der Waals surface area contributed by atoms with Crippen LogP contribution in [-0.4, -0.2) is 17.1 Å². The zero-order valence-corrected chi connectivity index (χ0v) is 9.35. The number of fused-ring (bicyclic) bond motifs is 1. The Labute approximate surface area is 96.6 Å². The summed E-state index contributed by atoms with van der Waals surface area (Å²) in [5, 5.41) is 0.575. The lowest BCUT2D eigenvalue weighted by Gasteiger charge is -2.00. The number of aromatic amines is 1. The average molecular weight is 247 g/mol. The SMILES string of the molecule is COc1ccc2c(=O)[nH]c(Cl)nc2c1.Cl. The first-order valence-corrected chi connectivity index (χ1v) is 4.32. The number of nitrogens with one attached hydrogen (secondary N) is 1. The van der Waals surface area contributed by atoms with Crippen LogP contribution in [-0.2, 0) is 0 Å². The van der Waals surface area contributed by atoms with Crippen molar-refractivity contribution in [1.82, 2.24) is 9.97 Å². The fourth-order valence-corrected chi connectivity index (χ4v) is 1.39. The molecule has 0 fully saturated rings. The zero-order chi connectivity index (χ0) is 10.1. The van der Waals surface area contributed by atoms with E-state index < -0.39 is 0 Å². The molecule has 0 amide bonds. The van der Waals surface area contributed by atoms with Crippen molar-refractivity contribution in [3.05, 3.63) is 33.8 Å². The smallest absolute Gasteiger partial charge is 0.259 e. The average Bonchev–Trinajstić information content (AvgIpc) is 2.16. The van der Waals surface area contributed by atoms with E-state index in [0.717, 1.165) is 0 Å². The van der Waals surface area contributed by atoms with Crippen molar-refractivity contribution in [2.24, 2.45) is 0 Å². The summed E-state index contributed by atoms with van der Waals surface area (Å²) in [6, 6.07) is 5.01. The molecule has 1 aromatic heterocycles. The fraction of sp³-hybridized carbons (Fsp3) is 0.111. The van der Waals surface area contributed by atoms with E-state index >= 15 is 0 Å². The number of benzene rings is 1. The molecule has 6 heteroatoms. The van der Waals surface area contributed by atoms with E-state index in [2.05, 4.69) is 9.97 Å². The molecule has 1 aromatic carbocycles. The molecule has 1 N–H and O–H groups in total. The minimum absolute atomic E-state index is 0. The Morgan fingerprint density at radius 2 is 2.20 bits per heavy atom. The first-order chi connectivity index (χ1) is 6.70. The van der Waals surface area contributed by atoms with Crippen LogP contribution in [0.3, 0.4) is 0 Å². The van der Waals surface area contributed by atoms with Crippen LogP contribution in [0.25, 0.3) is 10.9 Å². The molecule has 0 saturated carbocycles. The van der Waals surface area contributed by atoms with E-state index in [4.69, 9.17) is 16.3 Å². The van der Waals surface area contributed by atoms with Gasteiger partial charge in [0.15, 0.2) is 0 Å². The number of aromatic nitrogens is 2. The van der Waals surface area contributed by atoms with E-state index in [0.29, 0.717) is 16.7 Å². The van der Waals surface area contributed by atoms with E-state index in [1.165, 1.54) is 0 Å². The third-order valence-electron chi connectivity index (χ3n) is 1.88. The van der Waals surface area contributed by atoms with Gasteiger partial charge < -0.3 is 4.74 Å². The highest BCUT2D eigenvalue weighted by Gasteiger charge is 2.02.